The first-order chi connectivity index (χ1) is 4.18. The molecule has 1 rings (SSSR count). The fraction of sp³-hybridized carbons (Fsp3) is 0.250. The van der Waals surface area contributed by atoms with Crippen LogP contribution < -0.4 is 15.7 Å². The van der Waals surface area contributed by atoms with E-state index < -0.39 is 0 Å². The molecular weight excluding hydrogens is 140 g/mol. The predicted octanol–water partition coefficient (Wildman–Crippen LogP) is -1.77. The van der Waals surface area contributed by atoms with Gasteiger partial charge in [-0.15, -0.1) is 0 Å². The average molecular weight is 144 g/mol. The summed E-state index contributed by atoms with van der Waals surface area (Å²) < 4.78 is 0. The van der Waals surface area contributed by atoms with E-state index in [9.17, 15) is 9.90 Å². The SMILES string of the molecule is O=C1C[C]([O-])NC(=S)N1. The zero-order valence-electron chi connectivity index (χ0n) is 4.43. The first-order valence-electron chi connectivity index (χ1n) is 2.32. The smallest absolute Gasteiger partial charge is 0.227 e. The van der Waals surface area contributed by atoms with Gasteiger partial charge in [-0.3, -0.25) is 4.79 Å². The standard InChI is InChI=1S/C4H4N2O2S/c7-2-1-3(8)6-4(9)5-2/h1H2,(H2,5,6,7,9)/q-1. The molecule has 1 aliphatic heterocycles. The van der Waals surface area contributed by atoms with Gasteiger partial charge in [0, 0.05) is 6.42 Å². The van der Waals surface area contributed by atoms with Gasteiger partial charge in [0.2, 0.25) is 5.91 Å². The Bertz CT molecular complexity index is 143. The summed E-state index contributed by atoms with van der Waals surface area (Å²) in [7, 11) is 0. The summed E-state index contributed by atoms with van der Waals surface area (Å²) in [6.07, 6.45) is -0.469. The largest absolute Gasteiger partial charge is 0.833 e. The molecule has 0 atom stereocenters. The van der Waals surface area contributed by atoms with E-state index in [0.717, 1.165) is 0 Å². The van der Waals surface area contributed by atoms with E-state index in [4.69, 9.17) is 0 Å². The Morgan fingerprint density at radius 3 is 2.67 bits per heavy atom. The summed E-state index contributed by atoms with van der Waals surface area (Å²) in [5, 5.41) is 15.1. The highest BCUT2D eigenvalue weighted by molar-refractivity contribution is 7.80. The molecule has 9 heavy (non-hydrogen) atoms. The molecule has 2 N–H and O–H groups in total. The van der Waals surface area contributed by atoms with E-state index in [1.165, 1.54) is 0 Å². The minimum atomic E-state index is -0.344. The van der Waals surface area contributed by atoms with Gasteiger partial charge >= 0.3 is 0 Å². The van der Waals surface area contributed by atoms with Crippen LogP contribution in [0.15, 0.2) is 0 Å². The normalized spacial score (nSPS) is 21.0. The van der Waals surface area contributed by atoms with Crippen LogP contribution in [0.3, 0.4) is 0 Å². The molecule has 49 valence electrons. The van der Waals surface area contributed by atoms with E-state index in [0.29, 0.717) is 0 Å². The minimum Gasteiger partial charge on any atom is -0.833 e. The zero-order chi connectivity index (χ0) is 6.85. The van der Waals surface area contributed by atoms with Crippen LogP contribution in [-0.4, -0.2) is 11.0 Å². The number of hydrogen-bond donors (Lipinski definition) is 2. The first-order valence-corrected chi connectivity index (χ1v) is 2.73. The van der Waals surface area contributed by atoms with Gasteiger partial charge in [0.05, 0.1) is 0 Å². The van der Waals surface area contributed by atoms with Crippen LogP contribution in [0.5, 0.6) is 0 Å². The Balaban J connectivity index is 2.53. The molecule has 0 unspecified atom stereocenters. The molecular formula is C4H4N2O2S-. The summed E-state index contributed by atoms with van der Waals surface area (Å²) in [4.78, 5) is 10.4. The van der Waals surface area contributed by atoms with Gasteiger partial charge in [-0.1, -0.05) is 0 Å². The second-order valence-electron chi connectivity index (χ2n) is 1.60. The Hall–Kier alpha value is -0.680. The topological polar surface area (TPSA) is 64.2 Å². The van der Waals surface area contributed by atoms with Gasteiger partial charge in [-0.2, -0.15) is 0 Å². The third-order valence-electron chi connectivity index (χ3n) is 0.827. The second kappa shape index (κ2) is 2.28. The number of rotatable bonds is 0. The predicted molar refractivity (Wildman–Crippen MR) is 31.7 cm³/mol. The second-order valence-corrected chi connectivity index (χ2v) is 2.01. The van der Waals surface area contributed by atoms with Crippen LogP contribution >= 0.6 is 12.2 Å². The van der Waals surface area contributed by atoms with Crippen molar-refractivity contribution in [3.8, 4) is 0 Å². The molecule has 5 heteroatoms. The van der Waals surface area contributed by atoms with E-state index in [1.807, 2.05) is 0 Å². The van der Waals surface area contributed by atoms with Crippen LogP contribution in [0.25, 0.3) is 0 Å². The van der Waals surface area contributed by atoms with Gasteiger partial charge in [-0.05, 0) is 18.4 Å². The molecule has 0 aromatic rings. The van der Waals surface area contributed by atoms with Gasteiger partial charge in [0.25, 0.3) is 0 Å². The van der Waals surface area contributed by atoms with Gasteiger partial charge in [0.1, 0.15) is 0 Å². The maximum absolute atomic E-state index is 10.4. The van der Waals surface area contributed by atoms with E-state index in [-0.39, 0.29) is 23.7 Å². The maximum atomic E-state index is 10.4. The van der Waals surface area contributed by atoms with Gasteiger partial charge in [-0.25, -0.2) is 0 Å². The summed E-state index contributed by atoms with van der Waals surface area (Å²) in [5.41, 5.74) is 0. The highest BCUT2D eigenvalue weighted by Gasteiger charge is 2.12. The number of carbonyl (C=O) groups excluding carboxylic acids is 1. The lowest BCUT2D eigenvalue weighted by atomic mass is 10.3. The fourth-order valence-electron chi connectivity index (χ4n) is 0.519. The highest BCUT2D eigenvalue weighted by Crippen LogP contribution is 1.96. The Morgan fingerprint density at radius 2 is 2.22 bits per heavy atom. The van der Waals surface area contributed by atoms with Crippen LogP contribution in [0.1, 0.15) is 6.42 Å². The average Bonchev–Trinajstić information content (AvgIpc) is 1.59. The lowest BCUT2D eigenvalue weighted by molar-refractivity contribution is -0.359. The molecule has 1 radical (unpaired) electrons. The molecule has 0 bridgehead atoms. The molecule has 1 heterocycles. The van der Waals surface area contributed by atoms with E-state index in [1.54, 1.807) is 0 Å². The summed E-state index contributed by atoms with van der Waals surface area (Å²) in [6, 6.07) is 0. The molecule has 0 aliphatic carbocycles. The number of carbonyl (C=O) groups is 1. The summed E-state index contributed by atoms with van der Waals surface area (Å²) in [5.74, 6) is -0.344. The number of nitrogens with one attached hydrogen (secondary N) is 2. The molecule has 1 fully saturated rings. The molecule has 1 saturated heterocycles. The van der Waals surface area contributed by atoms with E-state index in [2.05, 4.69) is 22.9 Å². The maximum Gasteiger partial charge on any atom is 0.227 e. The lowest BCUT2D eigenvalue weighted by Crippen LogP contribution is -2.52. The lowest BCUT2D eigenvalue weighted by Gasteiger charge is -2.28. The highest BCUT2D eigenvalue weighted by atomic mass is 32.1. The zero-order valence-corrected chi connectivity index (χ0v) is 5.25. The fourth-order valence-corrected chi connectivity index (χ4v) is 0.746. The van der Waals surface area contributed by atoms with Crippen molar-refractivity contribution < 1.29 is 9.90 Å². The van der Waals surface area contributed by atoms with E-state index >= 15 is 0 Å². The molecule has 0 aromatic carbocycles. The van der Waals surface area contributed by atoms with Crippen molar-refractivity contribution in [1.29, 1.82) is 0 Å². The monoisotopic (exact) mass is 144 g/mol. The van der Waals surface area contributed by atoms with Crippen molar-refractivity contribution in [2.45, 2.75) is 6.42 Å². The quantitative estimate of drug-likeness (QED) is 0.395. The van der Waals surface area contributed by atoms with Crippen molar-refractivity contribution in [3.05, 3.63) is 6.23 Å². The van der Waals surface area contributed by atoms with Crippen LogP contribution in [-0.2, 0) is 4.79 Å². The minimum absolute atomic E-state index is 0.0938. The Labute approximate surface area is 57.2 Å². The number of hydrogen-bond acceptors (Lipinski definition) is 3. The summed E-state index contributed by atoms with van der Waals surface area (Å²) >= 11 is 4.50. The van der Waals surface area contributed by atoms with Crippen molar-refractivity contribution in [2.24, 2.45) is 0 Å². The van der Waals surface area contributed by atoms with Crippen LogP contribution in [0, 0.1) is 6.23 Å². The van der Waals surface area contributed by atoms with Crippen LogP contribution in [0.4, 0.5) is 0 Å². The van der Waals surface area contributed by atoms with Crippen molar-refractivity contribution in [3.63, 3.8) is 0 Å². The summed E-state index contributed by atoms with van der Waals surface area (Å²) in [6.45, 7) is 0. The van der Waals surface area contributed by atoms with Gasteiger partial charge < -0.3 is 15.7 Å². The number of thiocarbonyl (C=S) groups is 1. The van der Waals surface area contributed by atoms with Crippen molar-refractivity contribution in [2.75, 3.05) is 0 Å². The van der Waals surface area contributed by atoms with Crippen molar-refractivity contribution >= 4 is 23.2 Å². The Kier molecular flexibility index (Phi) is 1.63. The van der Waals surface area contributed by atoms with Gasteiger partial charge in [0.15, 0.2) is 5.11 Å². The molecule has 0 aromatic heterocycles. The molecule has 0 saturated carbocycles. The van der Waals surface area contributed by atoms with Crippen LogP contribution in [0.2, 0.25) is 0 Å². The third-order valence-corrected chi connectivity index (χ3v) is 1.03. The van der Waals surface area contributed by atoms with Crippen molar-refractivity contribution in [1.82, 2.24) is 10.6 Å². The number of amides is 1. The molecule has 1 aliphatic rings. The molecule has 1 amide bonds. The first kappa shape index (κ1) is 6.44. The third kappa shape index (κ3) is 1.62. The molecule has 0 spiro atoms. The Morgan fingerprint density at radius 1 is 1.56 bits per heavy atom. The molecule has 4 nitrogen and oxygen atoms in total.